The first-order chi connectivity index (χ1) is 9.11. The molecule has 1 aromatic rings. The minimum atomic E-state index is 0.244. The smallest absolute Gasteiger partial charge is 0.0476 e. The van der Waals surface area contributed by atoms with Gasteiger partial charge in [-0.2, -0.15) is 0 Å². The molecule has 104 valence electrons. The average Bonchev–Trinajstić information content (AvgIpc) is 2.37. The number of nitrogens with two attached hydrogens (primary N) is 1. The lowest BCUT2D eigenvalue weighted by Crippen LogP contribution is -2.43. The summed E-state index contributed by atoms with van der Waals surface area (Å²) in [4.78, 5) is 2.31. The third-order valence-corrected chi connectivity index (χ3v) is 3.47. The van der Waals surface area contributed by atoms with Gasteiger partial charge in [0.1, 0.15) is 0 Å². The van der Waals surface area contributed by atoms with E-state index in [-0.39, 0.29) is 6.04 Å². The van der Waals surface area contributed by atoms with Crippen molar-refractivity contribution >= 4 is 17.6 Å². The van der Waals surface area contributed by atoms with Crippen molar-refractivity contribution in [3.63, 3.8) is 0 Å². The summed E-state index contributed by atoms with van der Waals surface area (Å²) in [6, 6.07) is 6.77. The van der Waals surface area contributed by atoms with Crippen molar-refractivity contribution in [1.29, 1.82) is 5.41 Å². The first-order valence-electron chi connectivity index (χ1n) is 7.02. The third-order valence-electron chi connectivity index (χ3n) is 3.47. The van der Waals surface area contributed by atoms with Gasteiger partial charge in [-0.3, -0.25) is 0 Å². The highest BCUT2D eigenvalue weighted by Crippen LogP contribution is 2.28. The van der Waals surface area contributed by atoms with E-state index in [1.807, 2.05) is 12.1 Å². The van der Waals surface area contributed by atoms with Gasteiger partial charge in [0, 0.05) is 48.3 Å². The van der Waals surface area contributed by atoms with Gasteiger partial charge >= 0.3 is 0 Å². The number of piperidine rings is 1. The zero-order valence-corrected chi connectivity index (χ0v) is 11.8. The van der Waals surface area contributed by atoms with E-state index in [0.717, 1.165) is 42.9 Å². The summed E-state index contributed by atoms with van der Waals surface area (Å²) in [6.45, 7) is 6.13. The average molecular weight is 260 g/mol. The number of rotatable bonds is 4. The minimum absolute atomic E-state index is 0.244. The van der Waals surface area contributed by atoms with Crippen molar-refractivity contribution in [3.05, 3.63) is 23.8 Å². The first-order valence-corrected chi connectivity index (χ1v) is 7.02. The molecule has 1 aromatic carbocycles. The number of nitrogens with zero attached hydrogens (tertiary/aromatic N) is 1. The van der Waals surface area contributed by atoms with Crippen molar-refractivity contribution in [2.45, 2.75) is 38.8 Å². The Morgan fingerprint density at radius 3 is 2.89 bits per heavy atom. The summed E-state index contributed by atoms with van der Waals surface area (Å²) in [5.74, 6) is 0. The molecule has 1 heterocycles. The van der Waals surface area contributed by atoms with Crippen LogP contribution in [0.25, 0.3) is 0 Å². The number of hydrogen-bond donors (Lipinski definition) is 3. The Balaban J connectivity index is 2.31. The molecule has 0 amide bonds. The van der Waals surface area contributed by atoms with Gasteiger partial charge in [0.25, 0.3) is 0 Å². The van der Waals surface area contributed by atoms with Gasteiger partial charge in [0.05, 0.1) is 0 Å². The summed E-state index contributed by atoms with van der Waals surface area (Å²) < 4.78 is 0. The Bertz CT molecular complexity index is 442. The lowest BCUT2D eigenvalue weighted by atomic mass is 10.0. The molecule has 1 fully saturated rings. The van der Waals surface area contributed by atoms with E-state index in [1.54, 1.807) is 0 Å². The molecule has 0 saturated carbocycles. The van der Waals surface area contributed by atoms with Crippen molar-refractivity contribution in [2.24, 2.45) is 5.73 Å². The topological polar surface area (TPSA) is 65.1 Å². The largest absolute Gasteiger partial charge is 0.382 e. The van der Waals surface area contributed by atoms with Gasteiger partial charge in [0.15, 0.2) is 0 Å². The molecule has 0 spiro atoms. The molecule has 19 heavy (non-hydrogen) atoms. The quantitative estimate of drug-likeness (QED) is 0.728. The first kappa shape index (κ1) is 13.9. The maximum Gasteiger partial charge on any atom is 0.0476 e. The zero-order valence-electron chi connectivity index (χ0n) is 11.8. The molecule has 4 nitrogen and oxygen atoms in total. The van der Waals surface area contributed by atoms with Crippen LogP contribution in [0.15, 0.2) is 18.2 Å². The van der Waals surface area contributed by atoms with E-state index in [2.05, 4.69) is 30.1 Å². The molecular weight excluding hydrogens is 236 g/mol. The highest BCUT2D eigenvalue weighted by Gasteiger charge is 2.19. The normalized spacial score (nSPS) is 19.6. The molecule has 0 bridgehead atoms. The number of anilines is 2. The van der Waals surface area contributed by atoms with Crippen molar-refractivity contribution in [3.8, 4) is 0 Å². The Morgan fingerprint density at radius 1 is 1.47 bits per heavy atom. The number of benzene rings is 1. The Kier molecular flexibility index (Phi) is 4.43. The fraction of sp³-hybridized carbons (Fsp3) is 0.533. The van der Waals surface area contributed by atoms with E-state index in [1.165, 1.54) is 6.21 Å². The summed E-state index contributed by atoms with van der Waals surface area (Å²) >= 11 is 0. The summed E-state index contributed by atoms with van der Waals surface area (Å²) in [6.07, 6.45) is 3.67. The van der Waals surface area contributed by atoms with Gasteiger partial charge in [-0.15, -0.1) is 0 Å². The van der Waals surface area contributed by atoms with E-state index < -0.39 is 0 Å². The highest BCUT2D eigenvalue weighted by atomic mass is 15.2. The summed E-state index contributed by atoms with van der Waals surface area (Å²) in [5.41, 5.74) is 9.17. The Labute approximate surface area is 115 Å². The second kappa shape index (κ2) is 6.06. The molecule has 1 aliphatic rings. The standard InChI is InChI=1S/C15H24N4/c1-11(2)18-14-6-3-7-15(13(14)9-16)19-8-4-5-12(17)10-19/h3,6-7,9,11-12,16,18H,4-5,8,10,17H2,1-2H3. The second-order valence-electron chi connectivity index (χ2n) is 5.53. The van der Waals surface area contributed by atoms with Gasteiger partial charge in [-0.25, -0.2) is 0 Å². The zero-order chi connectivity index (χ0) is 13.8. The van der Waals surface area contributed by atoms with Crippen LogP contribution in [0.4, 0.5) is 11.4 Å². The molecule has 1 saturated heterocycles. The fourth-order valence-electron chi connectivity index (χ4n) is 2.65. The third kappa shape index (κ3) is 3.26. The summed E-state index contributed by atoms with van der Waals surface area (Å²) in [5, 5.41) is 11.1. The van der Waals surface area contributed by atoms with Crippen LogP contribution in [0, 0.1) is 5.41 Å². The van der Waals surface area contributed by atoms with Crippen LogP contribution in [0.2, 0.25) is 0 Å². The monoisotopic (exact) mass is 260 g/mol. The number of hydrogen-bond acceptors (Lipinski definition) is 4. The van der Waals surface area contributed by atoms with Crippen LogP contribution >= 0.6 is 0 Å². The van der Waals surface area contributed by atoms with E-state index in [0.29, 0.717) is 6.04 Å². The fourth-order valence-corrected chi connectivity index (χ4v) is 2.65. The molecule has 1 aliphatic heterocycles. The second-order valence-corrected chi connectivity index (χ2v) is 5.53. The maximum absolute atomic E-state index is 7.72. The van der Waals surface area contributed by atoms with Gasteiger partial charge in [0.2, 0.25) is 0 Å². The van der Waals surface area contributed by atoms with Gasteiger partial charge < -0.3 is 21.4 Å². The van der Waals surface area contributed by atoms with E-state index in [9.17, 15) is 0 Å². The van der Waals surface area contributed by atoms with Gasteiger partial charge in [-0.1, -0.05) is 6.07 Å². The SMILES string of the molecule is CC(C)Nc1cccc(N2CCCC(N)C2)c1C=N. The maximum atomic E-state index is 7.72. The molecule has 1 unspecified atom stereocenters. The Morgan fingerprint density at radius 2 is 2.26 bits per heavy atom. The van der Waals surface area contributed by atoms with E-state index >= 15 is 0 Å². The number of nitrogens with one attached hydrogen (secondary N) is 2. The predicted molar refractivity (Wildman–Crippen MR) is 82.5 cm³/mol. The molecular formula is C15H24N4. The molecule has 0 radical (unpaired) electrons. The molecule has 4 heteroatoms. The van der Waals surface area contributed by atoms with E-state index in [4.69, 9.17) is 11.1 Å². The van der Waals surface area contributed by atoms with Crippen LogP contribution in [-0.2, 0) is 0 Å². The molecule has 1 atom stereocenters. The van der Waals surface area contributed by atoms with Crippen molar-refractivity contribution in [2.75, 3.05) is 23.3 Å². The lowest BCUT2D eigenvalue weighted by Gasteiger charge is -2.34. The summed E-state index contributed by atoms with van der Waals surface area (Å²) in [7, 11) is 0. The predicted octanol–water partition coefficient (Wildman–Crippen LogP) is 2.43. The molecule has 0 aliphatic carbocycles. The molecule has 4 N–H and O–H groups in total. The van der Waals surface area contributed by atoms with Gasteiger partial charge in [-0.05, 0) is 38.8 Å². The highest BCUT2D eigenvalue weighted by molar-refractivity contribution is 5.94. The van der Waals surface area contributed by atoms with Crippen molar-refractivity contribution < 1.29 is 0 Å². The van der Waals surface area contributed by atoms with Crippen LogP contribution < -0.4 is 16.0 Å². The molecule has 2 rings (SSSR count). The van der Waals surface area contributed by atoms with Crippen molar-refractivity contribution in [1.82, 2.24) is 0 Å². The minimum Gasteiger partial charge on any atom is -0.382 e. The Hall–Kier alpha value is -1.55. The lowest BCUT2D eigenvalue weighted by molar-refractivity contribution is 0.506. The molecule has 0 aromatic heterocycles. The van der Waals surface area contributed by atoms with Crippen LogP contribution in [0.5, 0.6) is 0 Å². The van der Waals surface area contributed by atoms with Crippen LogP contribution in [0.3, 0.4) is 0 Å². The van der Waals surface area contributed by atoms with Crippen LogP contribution in [0.1, 0.15) is 32.3 Å². The van der Waals surface area contributed by atoms with Crippen LogP contribution in [-0.4, -0.2) is 31.4 Å².